The van der Waals surface area contributed by atoms with E-state index in [0.717, 1.165) is 29.5 Å². The van der Waals surface area contributed by atoms with Gasteiger partial charge in [-0.15, -0.1) is 0 Å². The zero-order valence-corrected chi connectivity index (χ0v) is 18.8. The molecule has 0 spiro atoms. The van der Waals surface area contributed by atoms with Gasteiger partial charge in [0.1, 0.15) is 12.4 Å². The molecule has 0 aliphatic carbocycles. The second-order valence-electron chi connectivity index (χ2n) is 6.33. The molecule has 0 amide bonds. The molecule has 0 aliphatic rings. The third kappa shape index (κ3) is 7.75. The molecule has 0 aromatic heterocycles. The van der Waals surface area contributed by atoms with Crippen LogP contribution in [0.2, 0.25) is 5.02 Å². The van der Waals surface area contributed by atoms with Crippen LogP contribution in [0.1, 0.15) is 24.5 Å². The summed E-state index contributed by atoms with van der Waals surface area (Å²) in [5.74, 6) is 0.708. The molecule has 2 rings (SSSR count). The Bertz CT molecular complexity index is 760. The average Bonchev–Trinajstić information content (AvgIpc) is 2.68. The Morgan fingerprint density at radius 2 is 1.93 bits per heavy atom. The van der Waals surface area contributed by atoms with Crippen LogP contribution in [-0.2, 0) is 13.2 Å². The van der Waals surface area contributed by atoms with Gasteiger partial charge in [-0.3, -0.25) is 0 Å². The first-order chi connectivity index (χ1) is 14.1. The molecular formula is C21H27BrClFN2O3. The molecule has 0 heterocycles. The van der Waals surface area contributed by atoms with E-state index in [4.69, 9.17) is 26.2 Å². The van der Waals surface area contributed by atoms with Crippen molar-refractivity contribution in [3.63, 3.8) is 0 Å². The molecule has 0 saturated carbocycles. The van der Waals surface area contributed by atoms with Crippen molar-refractivity contribution in [3.8, 4) is 11.5 Å². The number of halogens is 3. The van der Waals surface area contributed by atoms with Gasteiger partial charge in [-0.1, -0.05) is 17.7 Å². The summed E-state index contributed by atoms with van der Waals surface area (Å²) >= 11 is 9.62. The maximum atomic E-state index is 14.0. The summed E-state index contributed by atoms with van der Waals surface area (Å²) in [6, 6.07) is 8.43. The molecule has 0 atom stereocenters. The van der Waals surface area contributed by atoms with E-state index < -0.39 is 5.82 Å². The highest BCUT2D eigenvalue weighted by Crippen LogP contribution is 2.38. The minimum atomic E-state index is -0.402. The van der Waals surface area contributed by atoms with E-state index in [-0.39, 0.29) is 13.2 Å². The van der Waals surface area contributed by atoms with Crippen LogP contribution in [0.15, 0.2) is 34.8 Å². The molecular weight excluding hydrogens is 463 g/mol. The quantitative estimate of drug-likeness (QED) is 0.367. The van der Waals surface area contributed by atoms with Gasteiger partial charge >= 0.3 is 0 Å². The number of hydrogen-bond acceptors (Lipinski definition) is 5. The fourth-order valence-corrected chi connectivity index (χ4v) is 3.54. The van der Waals surface area contributed by atoms with Crippen LogP contribution in [0.5, 0.6) is 11.5 Å². The normalized spacial score (nSPS) is 10.9. The fourth-order valence-electron chi connectivity index (χ4n) is 2.72. The van der Waals surface area contributed by atoms with Crippen molar-refractivity contribution in [1.29, 1.82) is 0 Å². The summed E-state index contributed by atoms with van der Waals surface area (Å²) in [4.78, 5) is 0. The molecule has 0 fully saturated rings. The standard InChI is InChI=1S/C21H27BrClFN2O3/c1-2-28-20-12-15(13-26-8-4-7-25-9-10-27)11-17(22)21(20)29-14-16-18(23)5-3-6-19(16)24/h3,5-6,11-12,25-27H,2,4,7-10,13-14H2,1H3. The zero-order valence-electron chi connectivity index (χ0n) is 16.4. The van der Waals surface area contributed by atoms with E-state index in [1.807, 2.05) is 19.1 Å². The average molecular weight is 490 g/mol. The maximum absolute atomic E-state index is 14.0. The van der Waals surface area contributed by atoms with Crippen molar-refractivity contribution in [2.24, 2.45) is 0 Å². The van der Waals surface area contributed by atoms with E-state index in [1.54, 1.807) is 12.1 Å². The molecule has 160 valence electrons. The molecule has 5 nitrogen and oxygen atoms in total. The van der Waals surface area contributed by atoms with E-state index >= 15 is 0 Å². The predicted molar refractivity (Wildman–Crippen MR) is 117 cm³/mol. The van der Waals surface area contributed by atoms with E-state index in [1.165, 1.54) is 6.07 Å². The third-order valence-electron chi connectivity index (χ3n) is 4.12. The SMILES string of the molecule is CCOc1cc(CNCCCNCCO)cc(Br)c1OCc1c(F)cccc1Cl. The second kappa shape index (κ2) is 13.0. The number of ether oxygens (including phenoxy) is 2. The van der Waals surface area contributed by atoms with Gasteiger partial charge in [0.25, 0.3) is 0 Å². The molecule has 0 radical (unpaired) electrons. The first-order valence-electron chi connectivity index (χ1n) is 9.60. The molecule has 0 bridgehead atoms. The van der Waals surface area contributed by atoms with Crippen LogP contribution < -0.4 is 20.1 Å². The van der Waals surface area contributed by atoms with Crippen molar-refractivity contribution in [2.45, 2.75) is 26.5 Å². The van der Waals surface area contributed by atoms with Gasteiger partial charge in [0.15, 0.2) is 11.5 Å². The van der Waals surface area contributed by atoms with Gasteiger partial charge in [0.2, 0.25) is 0 Å². The lowest BCUT2D eigenvalue weighted by Gasteiger charge is -2.16. The lowest BCUT2D eigenvalue weighted by atomic mass is 10.2. The van der Waals surface area contributed by atoms with E-state index in [2.05, 4.69) is 26.6 Å². The maximum Gasteiger partial charge on any atom is 0.175 e. The van der Waals surface area contributed by atoms with Crippen LogP contribution in [-0.4, -0.2) is 38.0 Å². The van der Waals surface area contributed by atoms with E-state index in [9.17, 15) is 4.39 Å². The smallest absolute Gasteiger partial charge is 0.175 e. The van der Waals surface area contributed by atoms with Crippen LogP contribution in [0.3, 0.4) is 0 Å². The van der Waals surface area contributed by atoms with Crippen LogP contribution in [0.4, 0.5) is 4.39 Å². The number of hydrogen-bond donors (Lipinski definition) is 3. The lowest BCUT2D eigenvalue weighted by Crippen LogP contribution is -2.23. The number of rotatable bonds is 13. The highest BCUT2D eigenvalue weighted by atomic mass is 79.9. The fraction of sp³-hybridized carbons (Fsp3) is 0.429. The summed E-state index contributed by atoms with van der Waals surface area (Å²) in [6.07, 6.45) is 0.962. The summed E-state index contributed by atoms with van der Waals surface area (Å²) < 4.78 is 26.3. The van der Waals surface area contributed by atoms with Gasteiger partial charge in [-0.2, -0.15) is 0 Å². The molecule has 0 aliphatic heterocycles. The summed E-state index contributed by atoms with van der Waals surface area (Å²) in [5, 5.41) is 15.6. The Morgan fingerprint density at radius 1 is 1.14 bits per heavy atom. The summed E-state index contributed by atoms with van der Waals surface area (Å²) in [7, 11) is 0. The first kappa shape index (κ1) is 23.9. The van der Waals surface area contributed by atoms with Gasteiger partial charge in [0, 0.05) is 18.7 Å². The largest absolute Gasteiger partial charge is 0.490 e. The zero-order chi connectivity index (χ0) is 21.1. The lowest BCUT2D eigenvalue weighted by molar-refractivity contribution is 0.264. The van der Waals surface area contributed by atoms with Crippen molar-refractivity contribution < 1.29 is 19.0 Å². The molecule has 2 aromatic carbocycles. The summed E-state index contributed by atoms with van der Waals surface area (Å²) in [6.45, 7) is 5.54. The number of nitrogens with one attached hydrogen (secondary N) is 2. The van der Waals surface area contributed by atoms with E-state index in [0.29, 0.717) is 41.8 Å². The number of aliphatic hydroxyl groups excluding tert-OH is 1. The van der Waals surface area contributed by atoms with Crippen molar-refractivity contribution in [2.75, 3.05) is 32.8 Å². The Balaban J connectivity index is 2.00. The van der Waals surface area contributed by atoms with Gasteiger partial charge < -0.3 is 25.2 Å². The monoisotopic (exact) mass is 488 g/mol. The third-order valence-corrected chi connectivity index (χ3v) is 5.06. The second-order valence-corrected chi connectivity index (χ2v) is 7.59. The Labute approximate surface area is 184 Å². The predicted octanol–water partition coefficient (Wildman–Crippen LogP) is 4.28. The van der Waals surface area contributed by atoms with Gasteiger partial charge in [-0.25, -0.2) is 4.39 Å². The van der Waals surface area contributed by atoms with Crippen molar-refractivity contribution in [3.05, 3.63) is 56.8 Å². The van der Waals surface area contributed by atoms with Gasteiger partial charge in [-0.05, 0) is 72.2 Å². The highest BCUT2D eigenvalue weighted by Gasteiger charge is 2.15. The molecule has 8 heteroatoms. The van der Waals surface area contributed by atoms with Crippen molar-refractivity contribution >= 4 is 27.5 Å². The molecule has 0 saturated heterocycles. The summed E-state index contributed by atoms with van der Waals surface area (Å²) in [5.41, 5.74) is 1.35. The Kier molecular flexibility index (Phi) is 10.7. The molecule has 3 N–H and O–H groups in total. The van der Waals surface area contributed by atoms with Crippen LogP contribution in [0.25, 0.3) is 0 Å². The highest BCUT2D eigenvalue weighted by molar-refractivity contribution is 9.10. The molecule has 2 aromatic rings. The van der Waals surface area contributed by atoms with Crippen molar-refractivity contribution in [1.82, 2.24) is 10.6 Å². The van der Waals surface area contributed by atoms with Crippen LogP contribution in [0, 0.1) is 5.82 Å². The first-order valence-corrected chi connectivity index (χ1v) is 10.8. The molecule has 0 unspecified atom stereocenters. The minimum absolute atomic E-state index is 0.00260. The number of benzene rings is 2. The topological polar surface area (TPSA) is 62.8 Å². The van der Waals surface area contributed by atoms with Gasteiger partial charge in [0.05, 0.1) is 22.7 Å². The Hall–Kier alpha value is -1.38. The van der Waals surface area contributed by atoms with Crippen LogP contribution >= 0.6 is 27.5 Å². The molecule has 29 heavy (non-hydrogen) atoms. The minimum Gasteiger partial charge on any atom is -0.490 e. The Morgan fingerprint density at radius 3 is 2.66 bits per heavy atom. The number of aliphatic hydroxyl groups is 1.